The van der Waals surface area contributed by atoms with E-state index in [9.17, 15) is 14.7 Å². The van der Waals surface area contributed by atoms with Gasteiger partial charge in [0.15, 0.2) is 0 Å². The fourth-order valence-electron chi connectivity index (χ4n) is 2.17. The van der Waals surface area contributed by atoms with Crippen LogP contribution in [0, 0.1) is 0 Å². The van der Waals surface area contributed by atoms with Crippen molar-refractivity contribution >= 4 is 11.9 Å². The van der Waals surface area contributed by atoms with E-state index in [2.05, 4.69) is 5.32 Å². The Labute approximate surface area is 109 Å². The number of hydrogen-bond acceptors (Lipinski definition) is 3. The van der Waals surface area contributed by atoms with Gasteiger partial charge in [-0.15, -0.1) is 0 Å². The highest BCUT2D eigenvalue weighted by Gasteiger charge is 2.35. The molecule has 18 heavy (non-hydrogen) atoms. The number of carbonyl (C=O) groups is 2. The predicted molar refractivity (Wildman–Crippen MR) is 69.4 cm³/mol. The first kappa shape index (κ1) is 15.0. The lowest BCUT2D eigenvalue weighted by Crippen LogP contribution is -2.53. The van der Waals surface area contributed by atoms with Crippen LogP contribution < -0.4 is 5.32 Å². The van der Waals surface area contributed by atoms with E-state index in [4.69, 9.17) is 0 Å². The van der Waals surface area contributed by atoms with Crippen molar-refractivity contribution in [1.82, 2.24) is 10.2 Å². The SMILES string of the molecule is CCCC(C)(NCC(=O)N(CC)C1CC1)C(=O)O. The van der Waals surface area contributed by atoms with Gasteiger partial charge in [-0.25, -0.2) is 0 Å². The van der Waals surface area contributed by atoms with Crippen molar-refractivity contribution in [3.63, 3.8) is 0 Å². The summed E-state index contributed by atoms with van der Waals surface area (Å²) in [5.41, 5.74) is -1.01. The summed E-state index contributed by atoms with van der Waals surface area (Å²) in [6, 6.07) is 0.381. The number of rotatable bonds is 8. The molecule has 0 aromatic carbocycles. The molecule has 1 unspecified atom stereocenters. The van der Waals surface area contributed by atoms with E-state index >= 15 is 0 Å². The molecule has 2 N–H and O–H groups in total. The molecule has 1 atom stereocenters. The van der Waals surface area contributed by atoms with Crippen molar-refractivity contribution in [2.45, 2.75) is 58.0 Å². The molecule has 5 nitrogen and oxygen atoms in total. The molecule has 0 spiro atoms. The van der Waals surface area contributed by atoms with Gasteiger partial charge in [0.1, 0.15) is 5.54 Å². The Morgan fingerprint density at radius 2 is 2.00 bits per heavy atom. The zero-order valence-electron chi connectivity index (χ0n) is 11.5. The molecular formula is C13H24N2O3. The molecule has 0 aromatic rings. The Morgan fingerprint density at radius 3 is 2.39 bits per heavy atom. The van der Waals surface area contributed by atoms with Gasteiger partial charge in [0.2, 0.25) is 5.91 Å². The van der Waals surface area contributed by atoms with E-state index in [1.54, 1.807) is 6.92 Å². The molecular weight excluding hydrogens is 232 g/mol. The molecule has 0 aliphatic heterocycles. The van der Waals surface area contributed by atoms with Gasteiger partial charge in [-0.3, -0.25) is 14.9 Å². The number of aliphatic carboxylic acids is 1. The molecule has 0 bridgehead atoms. The lowest BCUT2D eigenvalue weighted by Gasteiger charge is -2.28. The maximum Gasteiger partial charge on any atom is 0.323 e. The van der Waals surface area contributed by atoms with E-state index < -0.39 is 11.5 Å². The molecule has 0 saturated heterocycles. The van der Waals surface area contributed by atoms with Gasteiger partial charge in [-0.05, 0) is 33.1 Å². The fourth-order valence-corrected chi connectivity index (χ4v) is 2.17. The van der Waals surface area contributed by atoms with E-state index in [-0.39, 0.29) is 12.5 Å². The molecule has 1 rings (SSSR count). The zero-order chi connectivity index (χ0) is 13.8. The monoisotopic (exact) mass is 256 g/mol. The summed E-state index contributed by atoms with van der Waals surface area (Å²) in [5, 5.41) is 12.1. The van der Waals surface area contributed by atoms with E-state index in [0.717, 1.165) is 19.3 Å². The van der Waals surface area contributed by atoms with Gasteiger partial charge in [-0.1, -0.05) is 13.3 Å². The molecule has 104 valence electrons. The van der Waals surface area contributed by atoms with Crippen molar-refractivity contribution in [3.8, 4) is 0 Å². The first-order valence-corrected chi connectivity index (χ1v) is 6.72. The van der Waals surface area contributed by atoms with Crippen LogP contribution in [0.3, 0.4) is 0 Å². The summed E-state index contributed by atoms with van der Waals surface area (Å²) < 4.78 is 0. The number of likely N-dealkylation sites (N-methyl/N-ethyl adjacent to an activating group) is 1. The number of nitrogens with one attached hydrogen (secondary N) is 1. The van der Waals surface area contributed by atoms with Gasteiger partial charge in [0.05, 0.1) is 6.54 Å². The lowest BCUT2D eigenvalue weighted by atomic mass is 9.96. The first-order valence-electron chi connectivity index (χ1n) is 6.72. The topological polar surface area (TPSA) is 69.6 Å². The molecule has 0 aromatic heterocycles. The van der Waals surface area contributed by atoms with Crippen molar-refractivity contribution < 1.29 is 14.7 Å². The fraction of sp³-hybridized carbons (Fsp3) is 0.846. The predicted octanol–water partition coefficient (Wildman–Crippen LogP) is 1.23. The van der Waals surface area contributed by atoms with Gasteiger partial charge >= 0.3 is 5.97 Å². The van der Waals surface area contributed by atoms with Crippen molar-refractivity contribution in [1.29, 1.82) is 0 Å². The smallest absolute Gasteiger partial charge is 0.323 e. The molecule has 1 aliphatic rings. The van der Waals surface area contributed by atoms with E-state index in [0.29, 0.717) is 19.0 Å². The molecule has 1 saturated carbocycles. The van der Waals surface area contributed by atoms with E-state index in [1.165, 1.54) is 0 Å². The highest BCUT2D eigenvalue weighted by molar-refractivity contribution is 5.82. The highest BCUT2D eigenvalue weighted by atomic mass is 16.4. The maximum atomic E-state index is 12.0. The number of carboxylic acid groups (broad SMARTS) is 1. The number of carboxylic acids is 1. The second kappa shape index (κ2) is 6.18. The Balaban J connectivity index is 2.50. The molecule has 5 heteroatoms. The first-order chi connectivity index (χ1) is 8.44. The molecule has 1 fully saturated rings. The maximum absolute atomic E-state index is 12.0. The van der Waals surface area contributed by atoms with Crippen LogP contribution in [-0.4, -0.2) is 46.6 Å². The third-order valence-electron chi connectivity index (χ3n) is 3.50. The molecule has 0 heterocycles. The summed E-state index contributed by atoms with van der Waals surface area (Å²) in [4.78, 5) is 25.1. The number of carbonyl (C=O) groups excluding carboxylic acids is 1. The number of hydrogen-bond donors (Lipinski definition) is 2. The van der Waals surface area contributed by atoms with Crippen LogP contribution in [0.4, 0.5) is 0 Å². The van der Waals surface area contributed by atoms with Crippen LogP contribution in [0.1, 0.15) is 46.5 Å². The van der Waals surface area contributed by atoms with Crippen LogP contribution in [0.25, 0.3) is 0 Å². The summed E-state index contributed by atoms with van der Waals surface area (Å²) in [6.07, 6.45) is 3.44. The van der Waals surface area contributed by atoms with Crippen LogP contribution in [-0.2, 0) is 9.59 Å². The van der Waals surface area contributed by atoms with Gasteiger partial charge in [0, 0.05) is 12.6 Å². The Kier molecular flexibility index (Phi) is 5.14. The van der Waals surface area contributed by atoms with Crippen LogP contribution in [0.2, 0.25) is 0 Å². The van der Waals surface area contributed by atoms with Crippen LogP contribution in [0.5, 0.6) is 0 Å². The zero-order valence-corrected chi connectivity index (χ0v) is 11.5. The Morgan fingerprint density at radius 1 is 1.39 bits per heavy atom. The Bertz CT molecular complexity index is 315. The van der Waals surface area contributed by atoms with Gasteiger partial charge in [-0.2, -0.15) is 0 Å². The summed E-state index contributed by atoms with van der Waals surface area (Å²) in [7, 11) is 0. The number of nitrogens with zero attached hydrogens (tertiary/aromatic N) is 1. The third-order valence-corrected chi connectivity index (χ3v) is 3.50. The second-order valence-corrected chi connectivity index (χ2v) is 5.15. The average Bonchev–Trinajstić information content (AvgIpc) is 3.12. The van der Waals surface area contributed by atoms with Crippen LogP contribution >= 0.6 is 0 Å². The minimum atomic E-state index is -1.01. The van der Waals surface area contributed by atoms with Gasteiger partial charge in [0.25, 0.3) is 0 Å². The number of amides is 1. The van der Waals surface area contributed by atoms with Crippen LogP contribution in [0.15, 0.2) is 0 Å². The summed E-state index contributed by atoms with van der Waals surface area (Å²) >= 11 is 0. The second-order valence-electron chi connectivity index (χ2n) is 5.15. The average molecular weight is 256 g/mol. The van der Waals surface area contributed by atoms with E-state index in [1.807, 2.05) is 18.7 Å². The summed E-state index contributed by atoms with van der Waals surface area (Å²) in [5.74, 6) is -0.893. The summed E-state index contributed by atoms with van der Waals surface area (Å²) in [6.45, 7) is 6.33. The Hall–Kier alpha value is -1.10. The quantitative estimate of drug-likeness (QED) is 0.685. The largest absolute Gasteiger partial charge is 0.480 e. The van der Waals surface area contributed by atoms with Crippen molar-refractivity contribution in [2.24, 2.45) is 0 Å². The van der Waals surface area contributed by atoms with Crippen molar-refractivity contribution in [3.05, 3.63) is 0 Å². The normalized spacial score (nSPS) is 18.2. The van der Waals surface area contributed by atoms with Gasteiger partial charge < -0.3 is 10.0 Å². The molecule has 1 aliphatic carbocycles. The molecule has 1 amide bonds. The molecule has 0 radical (unpaired) electrons. The highest BCUT2D eigenvalue weighted by Crippen LogP contribution is 2.26. The standard InChI is InChI=1S/C13H24N2O3/c1-4-8-13(3,12(17)18)14-9-11(16)15(5-2)10-6-7-10/h10,14H,4-9H2,1-3H3,(H,17,18). The van der Waals surface area contributed by atoms with Crippen molar-refractivity contribution in [2.75, 3.05) is 13.1 Å². The minimum Gasteiger partial charge on any atom is -0.480 e. The minimum absolute atomic E-state index is 0.00331. The lowest BCUT2D eigenvalue weighted by molar-refractivity contribution is -0.145. The third kappa shape index (κ3) is 3.70.